The third-order valence-corrected chi connectivity index (χ3v) is 5.59. The summed E-state index contributed by atoms with van der Waals surface area (Å²) < 4.78 is 0. The van der Waals surface area contributed by atoms with E-state index in [1.165, 1.54) is 0 Å². The molecule has 1 N–H and O–H groups in total. The average molecular weight is 439 g/mol. The van der Waals surface area contributed by atoms with Gasteiger partial charge in [0.2, 0.25) is 6.41 Å². The zero-order valence-corrected chi connectivity index (χ0v) is 19.1. The maximum Gasteiger partial charge on any atom is 0.209 e. The molecule has 0 bridgehead atoms. The van der Waals surface area contributed by atoms with Gasteiger partial charge in [-0.15, -0.1) is 0 Å². The number of hydrogen-bond donors (Lipinski definition) is 1. The topological polar surface area (TPSA) is 53.4 Å². The van der Waals surface area contributed by atoms with Gasteiger partial charge in [-0.25, -0.2) is 4.98 Å². The number of carbonyl (C=O) groups excluding carboxylic acids is 1. The van der Waals surface area contributed by atoms with Crippen LogP contribution in [0, 0.1) is 6.92 Å². The molecule has 1 aliphatic heterocycles. The molecule has 3 rings (SSSR count). The zero-order valence-electron chi connectivity index (χ0n) is 18.4. The second-order valence-corrected chi connectivity index (χ2v) is 7.92. The summed E-state index contributed by atoms with van der Waals surface area (Å²) in [5.41, 5.74) is 6.19. The number of aryl methyl sites for hydroxylation is 1. The summed E-state index contributed by atoms with van der Waals surface area (Å²) in [6.07, 6.45) is 6.45. The van der Waals surface area contributed by atoms with E-state index >= 15 is 0 Å². The number of halogens is 1. The maximum atomic E-state index is 10.9. The van der Waals surface area contributed by atoms with Crippen LogP contribution in [0.4, 0.5) is 0 Å². The van der Waals surface area contributed by atoms with Crippen LogP contribution in [0.15, 0.2) is 67.3 Å². The summed E-state index contributed by atoms with van der Waals surface area (Å²) in [6, 6.07) is 11.7. The number of aliphatic hydroxyl groups excluding tert-OH is 1. The predicted molar refractivity (Wildman–Crippen MR) is 129 cm³/mol. The number of pyridine rings is 1. The monoisotopic (exact) mass is 438 g/mol. The molecule has 1 amide bonds. The Morgan fingerprint density at radius 2 is 2.13 bits per heavy atom. The molecule has 0 saturated carbocycles. The molecule has 5 heteroatoms. The number of aliphatic hydroxyl groups is 1. The Morgan fingerprint density at radius 1 is 1.35 bits per heavy atom. The van der Waals surface area contributed by atoms with Crippen molar-refractivity contribution in [3.8, 4) is 0 Å². The third kappa shape index (κ3) is 6.91. The lowest BCUT2D eigenvalue weighted by molar-refractivity contribution is -0.117. The van der Waals surface area contributed by atoms with E-state index in [9.17, 15) is 9.90 Å². The molecular formula is C26H31ClN2O2. The molecule has 31 heavy (non-hydrogen) atoms. The minimum Gasteiger partial charge on any atom is -0.392 e. The molecule has 1 aromatic carbocycles. The number of benzene rings is 1. The summed E-state index contributed by atoms with van der Waals surface area (Å²) in [5, 5.41) is 10.3. The highest BCUT2D eigenvalue weighted by Crippen LogP contribution is 2.32. The molecule has 0 spiro atoms. The quantitative estimate of drug-likeness (QED) is 0.342. The fourth-order valence-electron chi connectivity index (χ4n) is 3.68. The van der Waals surface area contributed by atoms with E-state index in [1.54, 1.807) is 17.0 Å². The van der Waals surface area contributed by atoms with Crippen molar-refractivity contribution in [2.24, 2.45) is 0 Å². The molecule has 4 nitrogen and oxygen atoms in total. The largest absolute Gasteiger partial charge is 0.392 e. The first-order chi connectivity index (χ1) is 14.9. The summed E-state index contributed by atoms with van der Waals surface area (Å²) in [7, 11) is 0. The van der Waals surface area contributed by atoms with Gasteiger partial charge in [0.05, 0.1) is 6.61 Å². The number of likely N-dealkylation sites (tertiary alicyclic amines) is 1. The van der Waals surface area contributed by atoms with Gasteiger partial charge < -0.3 is 10.0 Å². The molecule has 0 radical (unpaired) electrons. The van der Waals surface area contributed by atoms with Crippen molar-refractivity contribution in [1.82, 2.24) is 9.88 Å². The van der Waals surface area contributed by atoms with Gasteiger partial charge in [-0.2, -0.15) is 0 Å². The fraction of sp³-hybridized carbons (Fsp3) is 0.308. The van der Waals surface area contributed by atoms with E-state index in [-0.39, 0.29) is 6.61 Å². The van der Waals surface area contributed by atoms with Gasteiger partial charge in [0.1, 0.15) is 5.15 Å². The SMILES string of the molecule is C=C/C=C(\C(=C)CC)c1ccc(C2CCN(C=O)C2)c(CO)c1.Cc1cccc(Cl)n1. The molecule has 0 aliphatic carbocycles. The summed E-state index contributed by atoms with van der Waals surface area (Å²) in [6.45, 7) is 13.4. The Hall–Kier alpha value is -2.69. The van der Waals surface area contributed by atoms with Crippen molar-refractivity contribution in [2.75, 3.05) is 13.1 Å². The Balaban J connectivity index is 0.000000357. The molecule has 1 aliphatic rings. The van der Waals surface area contributed by atoms with Crippen molar-refractivity contribution >= 4 is 23.6 Å². The van der Waals surface area contributed by atoms with Gasteiger partial charge in [0.15, 0.2) is 0 Å². The smallest absolute Gasteiger partial charge is 0.209 e. The molecular weight excluding hydrogens is 408 g/mol. The first-order valence-electron chi connectivity index (χ1n) is 10.5. The minimum absolute atomic E-state index is 0.000727. The van der Waals surface area contributed by atoms with Gasteiger partial charge in [-0.1, -0.05) is 62.0 Å². The minimum atomic E-state index is 0.000727. The number of rotatable bonds is 7. The second-order valence-electron chi connectivity index (χ2n) is 7.53. The van der Waals surface area contributed by atoms with Gasteiger partial charge in [-0.05, 0) is 65.8 Å². The molecule has 2 aromatic rings. The van der Waals surface area contributed by atoms with Crippen molar-refractivity contribution < 1.29 is 9.90 Å². The number of hydrogen-bond acceptors (Lipinski definition) is 3. The maximum absolute atomic E-state index is 10.9. The number of allylic oxidation sites excluding steroid dienone is 4. The van der Waals surface area contributed by atoms with Crippen LogP contribution >= 0.6 is 11.6 Å². The lowest BCUT2D eigenvalue weighted by Gasteiger charge is -2.17. The molecule has 1 aromatic heterocycles. The Kier molecular flexibility index (Phi) is 9.70. The fourth-order valence-corrected chi connectivity index (χ4v) is 3.89. The van der Waals surface area contributed by atoms with Gasteiger partial charge in [0.25, 0.3) is 0 Å². The van der Waals surface area contributed by atoms with Crippen LogP contribution in [-0.4, -0.2) is 34.5 Å². The van der Waals surface area contributed by atoms with Crippen molar-refractivity contribution in [3.63, 3.8) is 0 Å². The molecule has 1 atom stereocenters. The third-order valence-electron chi connectivity index (χ3n) is 5.38. The van der Waals surface area contributed by atoms with E-state index in [0.717, 1.165) is 65.9 Å². The van der Waals surface area contributed by atoms with E-state index in [1.807, 2.05) is 31.2 Å². The van der Waals surface area contributed by atoms with E-state index in [2.05, 4.69) is 37.2 Å². The van der Waals surface area contributed by atoms with Crippen molar-refractivity contribution in [2.45, 2.75) is 39.2 Å². The second kappa shape index (κ2) is 12.2. The summed E-state index contributed by atoms with van der Waals surface area (Å²) >= 11 is 5.53. The highest BCUT2D eigenvalue weighted by molar-refractivity contribution is 6.29. The van der Waals surface area contributed by atoms with E-state index in [0.29, 0.717) is 11.1 Å². The van der Waals surface area contributed by atoms with Crippen LogP contribution in [0.3, 0.4) is 0 Å². The Labute approximate surface area is 190 Å². The average Bonchev–Trinajstić information content (AvgIpc) is 3.26. The first-order valence-corrected chi connectivity index (χ1v) is 10.8. The zero-order chi connectivity index (χ0) is 22.8. The molecule has 1 unspecified atom stereocenters. The van der Waals surface area contributed by atoms with Crippen LogP contribution in [0.2, 0.25) is 5.15 Å². The number of carbonyl (C=O) groups is 1. The molecule has 1 saturated heterocycles. The standard InChI is InChI=1S/C20H25NO2.C6H6ClN/c1-4-6-19(15(3)5-2)16-7-8-20(18(11-16)13-22)17-9-10-21(12-17)14-23;1-5-3-2-4-6(7)8-5/h4,6-8,11,14,17,22H,1,3,5,9-10,12-13H2,2H3;2-4H,1H3/b19-6+;. The Morgan fingerprint density at radius 3 is 2.65 bits per heavy atom. The predicted octanol–water partition coefficient (Wildman–Crippen LogP) is 5.70. The van der Waals surface area contributed by atoms with Gasteiger partial charge in [-0.3, -0.25) is 4.79 Å². The van der Waals surface area contributed by atoms with Crippen LogP contribution in [0.1, 0.15) is 48.1 Å². The van der Waals surface area contributed by atoms with Crippen molar-refractivity contribution in [3.05, 3.63) is 94.8 Å². The van der Waals surface area contributed by atoms with Crippen molar-refractivity contribution in [1.29, 1.82) is 0 Å². The van der Waals surface area contributed by atoms with Crippen LogP contribution in [0.25, 0.3) is 5.57 Å². The van der Waals surface area contributed by atoms with Gasteiger partial charge >= 0.3 is 0 Å². The van der Waals surface area contributed by atoms with Crippen LogP contribution in [0.5, 0.6) is 0 Å². The normalized spacial score (nSPS) is 15.8. The molecule has 2 heterocycles. The van der Waals surface area contributed by atoms with Crippen LogP contribution in [-0.2, 0) is 11.4 Å². The highest BCUT2D eigenvalue weighted by atomic mass is 35.5. The van der Waals surface area contributed by atoms with Gasteiger partial charge in [0, 0.05) is 24.7 Å². The number of amides is 1. The molecule has 1 fully saturated rings. The lowest BCUT2D eigenvalue weighted by atomic mass is 9.89. The first kappa shape index (κ1) is 24.6. The highest BCUT2D eigenvalue weighted by Gasteiger charge is 2.24. The summed E-state index contributed by atoms with van der Waals surface area (Å²) in [5.74, 6) is 0.303. The Bertz CT molecular complexity index is 935. The van der Waals surface area contributed by atoms with E-state index in [4.69, 9.17) is 11.6 Å². The lowest BCUT2D eigenvalue weighted by Crippen LogP contribution is -2.18. The van der Waals surface area contributed by atoms with E-state index < -0.39 is 0 Å². The molecule has 164 valence electrons. The number of aromatic nitrogens is 1. The number of nitrogens with zero attached hydrogens (tertiary/aromatic N) is 2. The van der Waals surface area contributed by atoms with Crippen LogP contribution < -0.4 is 0 Å². The summed E-state index contributed by atoms with van der Waals surface area (Å²) in [4.78, 5) is 16.6.